The van der Waals surface area contributed by atoms with Crippen LogP contribution in [0.25, 0.3) is 0 Å². The Balaban J connectivity index is 2.55. The first-order chi connectivity index (χ1) is 12.2. The molecule has 0 saturated carbocycles. The SMILES string of the molecule is CC(C)(C)OC(=O)N[C@H](CCSSc1c(OC(C)(C)C)c(=O)c1=O)C(=O)O. The van der Waals surface area contributed by atoms with Crippen LogP contribution >= 0.6 is 21.6 Å². The molecule has 0 aliphatic rings. The molecule has 0 fully saturated rings. The van der Waals surface area contributed by atoms with E-state index in [-0.39, 0.29) is 17.1 Å². The molecule has 152 valence electrons. The Labute approximate surface area is 165 Å². The van der Waals surface area contributed by atoms with Crippen LogP contribution in [0.1, 0.15) is 48.0 Å². The monoisotopic (exact) mass is 419 g/mol. The van der Waals surface area contributed by atoms with Crippen molar-refractivity contribution in [2.45, 2.75) is 70.1 Å². The fourth-order valence-corrected chi connectivity index (χ4v) is 4.06. The van der Waals surface area contributed by atoms with Gasteiger partial charge in [0, 0.05) is 5.75 Å². The molecule has 27 heavy (non-hydrogen) atoms. The van der Waals surface area contributed by atoms with Crippen LogP contribution in [0.3, 0.4) is 0 Å². The molecule has 0 heterocycles. The number of ether oxygens (including phenoxy) is 2. The fourth-order valence-electron chi connectivity index (χ4n) is 1.80. The number of alkyl carbamates (subject to hydrolysis) is 1. The highest BCUT2D eigenvalue weighted by atomic mass is 33.1. The second kappa shape index (κ2) is 9.01. The molecule has 1 rings (SSSR count). The molecule has 1 amide bonds. The third-order valence-electron chi connectivity index (χ3n) is 2.85. The van der Waals surface area contributed by atoms with Gasteiger partial charge in [-0.1, -0.05) is 10.8 Å². The number of carbonyl (C=O) groups is 2. The molecule has 1 aromatic rings. The van der Waals surface area contributed by atoms with Gasteiger partial charge in [0.2, 0.25) is 5.43 Å². The number of nitrogens with one attached hydrogen (secondary N) is 1. The van der Waals surface area contributed by atoms with Crippen LogP contribution in [-0.2, 0) is 9.53 Å². The van der Waals surface area contributed by atoms with E-state index in [4.69, 9.17) is 9.47 Å². The number of carbonyl (C=O) groups excluding carboxylic acids is 1. The van der Waals surface area contributed by atoms with E-state index in [9.17, 15) is 24.3 Å². The number of hydrogen-bond donors (Lipinski definition) is 2. The normalized spacial score (nSPS) is 13.3. The van der Waals surface area contributed by atoms with Gasteiger partial charge in [-0.2, -0.15) is 0 Å². The van der Waals surface area contributed by atoms with Crippen molar-refractivity contribution in [2.24, 2.45) is 0 Å². The maximum atomic E-state index is 11.7. The summed E-state index contributed by atoms with van der Waals surface area (Å²) in [7, 11) is 2.28. The second-order valence-electron chi connectivity index (χ2n) is 7.76. The van der Waals surface area contributed by atoms with Crippen LogP contribution in [0.4, 0.5) is 4.79 Å². The molecule has 0 saturated heterocycles. The van der Waals surface area contributed by atoms with Crippen molar-refractivity contribution in [1.82, 2.24) is 5.32 Å². The van der Waals surface area contributed by atoms with Gasteiger partial charge < -0.3 is 19.9 Å². The molecule has 10 heteroatoms. The van der Waals surface area contributed by atoms with Crippen molar-refractivity contribution >= 4 is 33.7 Å². The van der Waals surface area contributed by atoms with Crippen LogP contribution in [0.15, 0.2) is 14.5 Å². The van der Waals surface area contributed by atoms with Gasteiger partial charge in [-0.15, -0.1) is 0 Å². The van der Waals surface area contributed by atoms with E-state index in [0.717, 1.165) is 10.8 Å². The summed E-state index contributed by atoms with van der Waals surface area (Å²) < 4.78 is 10.5. The summed E-state index contributed by atoms with van der Waals surface area (Å²) in [6, 6.07) is -1.12. The van der Waals surface area contributed by atoms with E-state index in [1.807, 2.05) is 0 Å². The summed E-state index contributed by atoms with van der Waals surface area (Å²) >= 11 is 0. The maximum Gasteiger partial charge on any atom is 0.408 e. The molecule has 1 aromatic carbocycles. The molecule has 0 aromatic heterocycles. The lowest BCUT2D eigenvalue weighted by molar-refractivity contribution is -0.139. The molecule has 0 radical (unpaired) electrons. The fraction of sp³-hybridized carbons (Fsp3) is 0.647. The molecule has 0 aliphatic heterocycles. The quantitative estimate of drug-likeness (QED) is 0.372. The van der Waals surface area contributed by atoms with E-state index in [1.165, 1.54) is 10.8 Å². The number of rotatable bonds is 8. The number of amides is 1. The van der Waals surface area contributed by atoms with Crippen LogP contribution in [0.5, 0.6) is 5.75 Å². The molecule has 2 N–H and O–H groups in total. The summed E-state index contributed by atoms with van der Waals surface area (Å²) in [5.74, 6) is -0.811. The van der Waals surface area contributed by atoms with Crippen LogP contribution < -0.4 is 20.9 Å². The predicted molar refractivity (Wildman–Crippen MR) is 105 cm³/mol. The zero-order chi connectivity index (χ0) is 21.0. The molecule has 1 atom stereocenters. The van der Waals surface area contributed by atoms with Gasteiger partial charge in [-0.05, 0) is 58.8 Å². The molecule has 0 bridgehead atoms. The number of hydrogen-bond acceptors (Lipinski definition) is 8. The summed E-state index contributed by atoms with van der Waals surface area (Å²) in [5, 5.41) is 11.5. The molecule has 0 aliphatic carbocycles. The zero-order valence-electron chi connectivity index (χ0n) is 16.2. The molecular formula is C17H25NO7S2. The lowest BCUT2D eigenvalue weighted by Crippen LogP contribution is -2.43. The number of carboxylic acids is 1. The Hall–Kier alpha value is -1.68. The number of carboxylic acid groups (broad SMARTS) is 1. The first-order valence-corrected chi connectivity index (χ1v) is 10.6. The Kier molecular flexibility index (Phi) is 7.79. The first-order valence-electron chi connectivity index (χ1n) is 8.25. The Bertz CT molecular complexity index is 755. The van der Waals surface area contributed by atoms with Gasteiger partial charge in [-0.3, -0.25) is 9.59 Å². The minimum absolute atomic E-state index is 0.0478. The topological polar surface area (TPSA) is 119 Å². The van der Waals surface area contributed by atoms with Crippen molar-refractivity contribution < 1.29 is 24.2 Å². The van der Waals surface area contributed by atoms with Crippen LogP contribution in [0.2, 0.25) is 0 Å². The predicted octanol–water partition coefficient (Wildman–Crippen LogP) is 2.57. The minimum Gasteiger partial charge on any atom is -0.483 e. The van der Waals surface area contributed by atoms with Crippen molar-refractivity contribution in [3.8, 4) is 5.75 Å². The molecule has 0 unspecified atom stereocenters. The van der Waals surface area contributed by atoms with Crippen LogP contribution in [0, 0.1) is 0 Å². The summed E-state index contributed by atoms with van der Waals surface area (Å²) in [6.45, 7) is 10.3. The van der Waals surface area contributed by atoms with E-state index in [2.05, 4.69) is 5.32 Å². The Morgan fingerprint density at radius 2 is 1.67 bits per heavy atom. The van der Waals surface area contributed by atoms with E-state index >= 15 is 0 Å². The molecule has 0 spiro atoms. The van der Waals surface area contributed by atoms with E-state index in [0.29, 0.717) is 5.75 Å². The Morgan fingerprint density at radius 1 is 1.07 bits per heavy atom. The Morgan fingerprint density at radius 3 is 2.15 bits per heavy atom. The van der Waals surface area contributed by atoms with Gasteiger partial charge in [0.1, 0.15) is 22.1 Å². The highest BCUT2D eigenvalue weighted by molar-refractivity contribution is 8.76. The minimum atomic E-state index is -1.18. The first kappa shape index (κ1) is 23.4. The highest BCUT2D eigenvalue weighted by Gasteiger charge is 2.28. The molecular weight excluding hydrogens is 394 g/mol. The van der Waals surface area contributed by atoms with E-state index < -0.39 is 40.2 Å². The maximum absolute atomic E-state index is 11.7. The largest absolute Gasteiger partial charge is 0.483 e. The lowest BCUT2D eigenvalue weighted by Gasteiger charge is -2.23. The average molecular weight is 420 g/mol. The van der Waals surface area contributed by atoms with Crippen molar-refractivity contribution in [3.63, 3.8) is 0 Å². The van der Waals surface area contributed by atoms with Crippen molar-refractivity contribution in [1.29, 1.82) is 0 Å². The zero-order valence-corrected chi connectivity index (χ0v) is 17.8. The van der Waals surface area contributed by atoms with Crippen molar-refractivity contribution in [2.75, 3.05) is 5.75 Å². The van der Waals surface area contributed by atoms with Crippen molar-refractivity contribution in [3.05, 3.63) is 20.4 Å². The summed E-state index contributed by atoms with van der Waals surface area (Å²) in [5.41, 5.74) is -2.59. The van der Waals surface area contributed by atoms with Gasteiger partial charge in [0.25, 0.3) is 5.43 Å². The van der Waals surface area contributed by atoms with Gasteiger partial charge in [0.05, 0.1) is 0 Å². The third-order valence-corrected chi connectivity index (χ3v) is 5.27. The van der Waals surface area contributed by atoms with Gasteiger partial charge >= 0.3 is 12.1 Å². The van der Waals surface area contributed by atoms with Gasteiger partial charge in [-0.25, -0.2) is 9.59 Å². The highest BCUT2D eigenvalue weighted by Crippen LogP contribution is 2.36. The van der Waals surface area contributed by atoms with Gasteiger partial charge in [0.15, 0.2) is 5.75 Å². The third kappa shape index (κ3) is 7.84. The standard InChI is InChI=1S/C17H25NO7S2/c1-16(2,3)24-12-10(19)11(20)13(12)27-26-8-7-9(14(21)22)18-15(23)25-17(4,5)6/h9H,7-8H2,1-6H3,(H,18,23)(H,21,22)/t9-/m1/s1. The average Bonchev–Trinajstić information content (AvgIpc) is 2.48. The smallest absolute Gasteiger partial charge is 0.408 e. The summed E-state index contributed by atoms with van der Waals surface area (Å²) in [6.07, 6.45) is -0.687. The second-order valence-corrected chi connectivity index (χ2v) is 10.2. The molecule has 8 nitrogen and oxygen atoms in total. The lowest BCUT2D eigenvalue weighted by atomic mass is 10.2. The summed E-state index contributed by atoms with van der Waals surface area (Å²) in [4.78, 5) is 46.5. The van der Waals surface area contributed by atoms with E-state index in [1.54, 1.807) is 41.5 Å². The van der Waals surface area contributed by atoms with Crippen LogP contribution in [-0.4, -0.2) is 40.2 Å². The number of aliphatic carboxylic acids is 1.